The van der Waals surface area contributed by atoms with Crippen molar-refractivity contribution in [3.63, 3.8) is 0 Å². The Hall–Kier alpha value is -2.29. The molecule has 2 N–H and O–H groups in total. The third-order valence-electron chi connectivity index (χ3n) is 3.17. The van der Waals surface area contributed by atoms with Gasteiger partial charge in [0.05, 0.1) is 11.7 Å². The van der Waals surface area contributed by atoms with Crippen LogP contribution in [0, 0.1) is 0 Å². The second kappa shape index (κ2) is 4.53. The summed E-state index contributed by atoms with van der Waals surface area (Å²) < 4.78 is 0. The molecule has 0 aliphatic carbocycles. The molecule has 1 aliphatic heterocycles. The highest BCUT2D eigenvalue weighted by atomic mass is 15.5. The van der Waals surface area contributed by atoms with E-state index >= 15 is 0 Å². The Labute approximate surface area is 107 Å². The maximum absolute atomic E-state index is 5.71. The van der Waals surface area contributed by atoms with Gasteiger partial charge in [-0.15, -0.1) is 0 Å². The minimum absolute atomic E-state index is 0.287. The van der Waals surface area contributed by atoms with Crippen molar-refractivity contribution >= 4 is 17.6 Å². The van der Waals surface area contributed by atoms with Crippen molar-refractivity contribution in [2.75, 3.05) is 10.7 Å². The molecule has 3 rings (SSSR count). The number of benzene rings is 2. The van der Waals surface area contributed by atoms with Gasteiger partial charge in [0.2, 0.25) is 0 Å². The molecule has 3 heteroatoms. The first-order chi connectivity index (χ1) is 8.84. The highest BCUT2D eigenvalue weighted by Crippen LogP contribution is 2.33. The van der Waals surface area contributed by atoms with Crippen molar-refractivity contribution in [2.45, 2.75) is 12.5 Å². The third kappa shape index (κ3) is 1.95. The topological polar surface area (TPSA) is 41.6 Å². The SMILES string of the molecule is Nc1ccc(N2N=CCC2c2ccccc2)cc1. The van der Waals surface area contributed by atoms with Gasteiger partial charge in [-0.3, -0.25) is 5.01 Å². The second-order valence-electron chi connectivity index (χ2n) is 4.40. The molecular formula is C15H15N3. The predicted molar refractivity (Wildman–Crippen MR) is 75.6 cm³/mol. The average molecular weight is 237 g/mol. The second-order valence-corrected chi connectivity index (χ2v) is 4.40. The fourth-order valence-corrected chi connectivity index (χ4v) is 2.24. The van der Waals surface area contributed by atoms with Crippen LogP contribution in [0.5, 0.6) is 0 Å². The van der Waals surface area contributed by atoms with E-state index < -0.39 is 0 Å². The van der Waals surface area contributed by atoms with Crippen molar-refractivity contribution < 1.29 is 0 Å². The molecular weight excluding hydrogens is 222 g/mol. The van der Waals surface area contributed by atoms with Crippen LogP contribution in [-0.2, 0) is 0 Å². The minimum Gasteiger partial charge on any atom is -0.399 e. The fraction of sp³-hybridized carbons (Fsp3) is 0.133. The Balaban J connectivity index is 1.91. The maximum atomic E-state index is 5.71. The number of anilines is 2. The van der Waals surface area contributed by atoms with E-state index in [4.69, 9.17) is 5.73 Å². The molecule has 0 spiro atoms. The molecule has 1 heterocycles. The third-order valence-corrected chi connectivity index (χ3v) is 3.17. The van der Waals surface area contributed by atoms with Crippen LogP contribution in [0.25, 0.3) is 0 Å². The van der Waals surface area contributed by atoms with Crippen molar-refractivity contribution in [3.8, 4) is 0 Å². The summed E-state index contributed by atoms with van der Waals surface area (Å²) >= 11 is 0. The number of hydrazone groups is 1. The summed E-state index contributed by atoms with van der Waals surface area (Å²) in [5.41, 5.74) is 8.85. The fourth-order valence-electron chi connectivity index (χ4n) is 2.24. The van der Waals surface area contributed by atoms with Gasteiger partial charge < -0.3 is 5.73 Å². The average Bonchev–Trinajstić information content (AvgIpc) is 2.90. The molecule has 2 aromatic rings. The lowest BCUT2D eigenvalue weighted by molar-refractivity contribution is 0.710. The van der Waals surface area contributed by atoms with E-state index in [0.717, 1.165) is 17.8 Å². The van der Waals surface area contributed by atoms with Gasteiger partial charge >= 0.3 is 0 Å². The van der Waals surface area contributed by atoms with E-state index in [1.54, 1.807) is 0 Å². The van der Waals surface area contributed by atoms with Crippen LogP contribution in [0.4, 0.5) is 11.4 Å². The minimum atomic E-state index is 0.287. The Morgan fingerprint density at radius 2 is 1.72 bits per heavy atom. The van der Waals surface area contributed by atoms with Crippen molar-refractivity contribution in [1.82, 2.24) is 0 Å². The van der Waals surface area contributed by atoms with Gasteiger partial charge in [0.15, 0.2) is 0 Å². The summed E-state index contributed by atoms with van der Waals surface area (Å²) in [7, 11) is 0. The summed E-state index contributed by atoms with van der Waals surface area (Å²) in [5.74, 6) is 0. The lowest BCUT2D eigenvalue weighted by Gasteiger charge is -2.24. The van der Waals surface area contributed by atoms with Crippen LogP contribution in [0.1, 0.15) is 18.0 Å². The Bertz CT molecular complexity index is 546. The first kappa shape index (κ1) is 10.8. The molecule has 3 nitrogen and oxygen atoms in total. The van der Waals surface area contributed by atoms with Crippen LogP contribution >= 0.6 is 0 Å². The van der Waals surface area contributed by atoms with Gasteiger partial charge in [0.25, 0.3) is 0 Å². The quantitative estimate of drug-likeness (QED) is 0.815. The summed E-state index contributed by atoms with van der Waals surface area (Å²) in [6.07, 6.45) is 2.91. The van der Waals surface area contributed by atoms with Gasteiger partial charge in [-0.05, 0) is 29.8 Å². The molecule has 0 saturated carbocycles. The smallest absolute Gasteiger partial charge is 0.0825 e. The summed E-state index contributed by atoms with van der Waals surface area (Å²) in [6, 6.07) is 18.6. The van der Waals surface area contributed by atoms with Crippen LogP contribution in [0.2, 0.25) is 0 Å². The monoisotopic (exact) mass is 237 g/mol. The van der Waals surface area contributed by atoms with E-state index in [-0.39, 0.29) is 6.04 Å². The van der Waals surface area contributed by atoms with E-state index in [1.807, 2.05) is 36.5 Å². The molecule has 18 heavy (non-hydrogen) atoms. The molecule has 0 amide bonds. The zero-order valence-electron chi connectivity index (χ0n) is 10.0. The lowest BCUT2D eigenvalue weighted by Crippen LogP contribution is -2.18. The Morgan fingerprint density at radius 3 is 2.44 bits per heavy atom. The number of hydrogen-bond acceptors (Lipinski definition) is 3. The van der Waals surface area contributed by atoms with E-state index in [2.05, 4.69) is 34.4 Å². The van der Waals surface area contributed by atoms with Crippen LogP contribution in [0.3, 0.4) is 0 Å². The lowest BCUT2D eigenvalue weighted by atomic mass is 10.0. The molecule has 1 atom stereocenters. The number of rotatable bonds is 2. The number of nitrogens with zero attached hydrogens (tertiary/aromatic N) is 2. The largest absolute Gasteiger partial charge is 0.399 e. The number of nitrogen functional groups attached to an aromatic ring is 1. The number of nitrogens with two attached hydrogens (primary N) is 1. The molecule has 0 bridgehead atoms. The van der Waals surface area contributed by atoms with Crippen molar-refractivity contribution in [1.29, 1.82) is 0 Å². The molecule has 0 fully saturated rings. The predicted octanol–water partition coefficient (Wildman–Crippen LogP) is 3.21. The maximum Gasteiger partial charge on any atom is 0.0825 e. The van der Waals surface area contributed by atoms with E-state index in [0.29, 0.717) is 0 Å². The first-order valence-corrected chi connectivity index (χ1v) is 6.07. The van der Waals surface area contributed by atoms with E-state index in [1.165, 1.54) is 5.56 Å². The summed E-state index contributed by atoms with van der Waals surface area (Å²) in [6.45, 7) is 0. The Kier molecular flexibility index (Phi) is 2.73. The van der Waals surface area contributed by atoms with Crippen molar-refractivity contribution in [2.24, 2.45) is 5.10 Å². The molecule has 2 aromatic carbocycles. The molecule has 0 aromatic heterocycles. The van der Waals surface area contributed by atoms with Gasteiger partial charge in [0.1, 0.15) is 0 Å². The Morgan fingerprint density at radius 1 is 1.00 bits per heavy atom. The van der Waals surface area contributed by atoms with Crippen LogP contribution in [0.15, 0.2) is 59.7 Å². The highest BCUT2D eigenvalue weighted by molar-refractivity contribution is 5.68. The highest BCUT2D eigenvalue weighted by Gasteiger charge is 2.23. The molecule has 1 aliphatic rings. The molecule has 1 unspecified atom stereocenters. The van der Waals surface area contributed by atoms with Gasteiger partial charge in [-0.25, -0.2) is 0 Å². The van der Waals surface area contributed by atoms with E-state index in [9.17, 15) is 0 Å². The normalized spacial score (nSPS) is 18.2. The van der Waals surface area contributed by atoms with Gasteiger partial charge in [0, 0.05) is 18.3 Å². The standard InChI is InChI=1S/C15H15N3/c16-13-6-8-14(9-7-13)18-15(10-11-17-18)12-4-2-1-3-5-12/h1-9,11,15H,10,16H2. The van der Waals surface area contributed by atoms with Crippen molar-refractivity contribution in [3.05, 3.63) is 60.2 Å². The van der Waals surface area contributed by atoms with Gasteiger partial charge in [-0.2, -0.15) is 5.10 Å². The first-order valence-electron chi connectivity index (χ1n) is 6.07. The van der Waals surface area contributed by atoms with Crippen LogP contribution < -0.4 is 10.7 Å². The molecule has 0 radical (unpaired) electrons. The molecule has 0 saturated heterocycles. The zero-order valence-corrected chi connectivity index (χ0v) is 10.0. The number of hydrogen-bond donors (Lipinski definition) is 1. The molecule has 90 valence electrons. The van der Waals surface area contributed by atoms with Crippen LogP contribution in [-0.4, -0.2) is 6.21 Å². The zero-order chi connectivity index (χ0) is 12.4. The van der Waals surface area contributed by atoms with Gasteiger partial charge in [-0.1, -0.05) is 30.3 Å². The summed E-state index contributed by atoms with van der Waals surface area (Å²) in [4.78, 5) is 0. The summed E-state index contributed by atoms with van der Waals surface area (Å²) in [5, 5.41) is 6.51.